The largest absolute Gasteiger partial charge is 0.399 e. The first-order chi connectivity index (χ1) is 16.9. The number of fused-ring (bicyclic) bond motifs is 1. The highest BCUT2D eigenvalue weighted by Gasteiger charge is 2.59. The van der Waals surface area contributed by atoms with Crippen molar-refractivity contribution in [2.45, 2.75) is 43.7 Å². The summed E-state index contributed by atoms with van der Waals surface area (Å²) in [5.41, 5.74) is 5.93. The van der Waals surface area contributed by atoms with Crippen molar-refractivity contribution in [1.82, 2.24) is 15.3 Å². The lowest BCUT2D eigenvalue weighted by atomic mass is 9.71. The van der Waals surface area contributed by atoms with Crippen molar-refractivity contribution in [3.63, 3.8) is 0 Å². The molecule has 2 amide bonds. The summed E-state index contributed by atoms with van der Waals surface area (Å²) in [5, 5.41) is 4.33. The molecule has 0 spiro atoms. The summed E-state index contributed by atoms with van der Waals surface area (Å²) in [6.45, 7) is 0.268. The Balaban J connectivity index is 1.62. The van der Waals surface area contributed by atoms with Gasteiger partial charge in [0.2, 0.25) is 0 Å². The summed E-state index contributed by atoms with van der Waals surface area (Å²) in [4.78, 5) is 39.0. The van der Waals surface area contributed by atoms with E-state index in [0.29, 0.717) is 18.5 Å². The number of alkyl halides is 2. The number of hydrogen-bond acceptors (Lipinski definition) is 6. The molecule has 9 nitrogen and oxygen atoms in total. The van der Waals surface area contributed by atoms with Gasteiger partial charge in [-0.25, -0.2) is 17.6 Å². The highest BCUT2D eigenvalue weighted by molar-refractivity contribution is 6.48. The van der Waals surface area contributed by atoms with Crippen LogP contribution in [-0.4, -0.2) is 33.6 Å². The minimum atomic E-state index is -3.11. The average Bonchev–Trinajstić information content (AvgIpc) is 3.33. The fraction of sp³-hybridized carbons (Fsp3) is 0.318. The van der Waals surface area contributed by atoms with Crippen LogP contribution in [0.2, 0.25) is 5.02 Å². The number of amides is 2. The second-order valence-electron chi connectivity index (χ2n) is 8.66. The van der Waals surface area contributed by atoms with Gasteiger partial charge in [-0.2, -0.15) is 0 Å². The quantitative estimate of drug-likeness (QED) is 0.123. The van der Waals surface area contributed by atoms with Crippen LogP contribution in [0.5, 0.6) is 0 Å². The van der Waals surface area contributed by atoms with E-state index in [0.717, 1.165) is 24.4 Å². The molecule has 1 fully saturated rings. The molecule has 1 aromatic heterocycles. The van der Waals surface area contributed by atoms with Crippen molar-refractivity contribution < 1.29 is 31.9 Å². The molecule has 1 saturated carbocycles. The van der Waals surface area contributed by atoms with E-state index in [4.69, 9.17) is 23.2 Å². The second-order valence-corrected chi connectivity index (χ2v) is 9.04. The zero-order valence-electron chi connectivity index (χ0n) is 18.6. The monoisotopic (exact) mass is 528 g/mol. The number of benzene rings is 1. The topological polar surface area (TPSA) is 144 Å². The Morgan fingerprint density at radius 1 is 1.14 bits per heavy atom. The summed E-state index contributed by atoms with van der Waals surface area (Å²) in [5.74, 6) is -3.43. The Bertz CT molecular complexity index is 1300. The molecule has 4 rings (SSSR count). The van der Waals surface area contributed by atoms with Crippen LogP contribution < -0.4 is 27.6 Å². The van der Waals surface area contributed by atoms with Gasteiger partial charge in [-0.1, -0.05) is 11.6 Å². The first kappa shape index (κ1) is 25.5. The molecule has 36 heavy (non-hydrogen) atoms. The van der Waals surface area contributed by atoms with Crippen molar-refractivity contribution in [2.75, 3.05) is 5.32 Å². The number of hydrogen-bond donors (Lipinski definition) is 5. The van der Waals surface area contributed by atoms with Gasteiger partial charge in [0, 0.05) is 43.0 Å². The number of carbonyl (C=O) groups is 3. The summed E-state index contributed by atoms with van der Waals surface area (Å²) < 4.78 is 55.5. The molecule has 2 heterocycles. The van der Waals surface area contributed by atoms with E-state index >= 15 is 0 Å². The normalized spacial score (nSPS) is 17.7. The van der Waals surface area contributed by atoms with Crippen LogP contribution in [0.25, 0.3) is 0 Å². The first-order valence-electron chi connectivity index (χ1n) is 10.7. The molecule has 0 saturated heterocycles. The van der Waals surface area contributed by atoms with Crippen LogP contribution in [0.1, 0.15) is 45.8 Å². The lowest BCUT2D eigenvalue weighted by Gasteiger charge is -2.47. The van der Waals surface area contributed by atoms with Crippen LogP contribution in [0.15, 0.2) is 30.1 Å². The first-order valence-corrected chi connectivity index (χ1v) is 11.1. The highest BCUT2D eigenvalue weighted by atomic mass is 35.5. The summed E-state index contributed by atoms with van der Waals surface area (Å²) >= 11 is 6.38. The van der Waals surface area contributed by atoms with Gasteiger partial charge in [0.25, 0.3) is 23.5 Å². The fourth-order valence-corrected chi connectivity index (χ4v) is 4.95. The van der Waals surface area contributed by atoms with Gasteiger partial charge in [0.05, 0.1) is 21.8 Å². The van der Waals surface area contributed by atoms with Crippen LogP contribution in [0.4, 0.5) is 23.2 Å². The number of ketones is 1. The number of hydrazine groups is 1. The molecule has 7 N–H and O–H groups in total. The molecular formula is C22H21ClF4N6O3. The standard InChI is InChI=1S/C22H21ClF4N6O3/c23-16-15(19(35)31-10-3-4-11(24)12(25)6-10)13-2-1-5-33(13)17(16)18(34)20(36)32-21(14(28)7-30-29)8-22(26,27)9-21/h3-4,6-7,30H,1-2,5,8-9,28-29H2,(H,31,35)(H,32,36)/b14-7-. The molecule has 1 aliphatic carbocycles. The number of Topliss-reactive ketones (excluding diaryl/α,β-unsaturated/α-hetero) is 1. The van der Waals surface area contributed by atoms with Crippen molar-refractivity contribution in [3.8, 4) is 0 Å². The summed E-state index contributed by atoms with van der Waals surface area (Å²) in [6, 6.07) is 2.75. The predicted octanol–water partition coefficient (Wildman–Crippen LogP) is 2.35. The van der Waals surface area contributed by atoms with Gasteiger partial charge in [0.15, 0.2) is 11.6 Å². The lowest BCUT2D eigenvalue weighted by Crippen LogP contribution is -2.65. The Morgan fingerprint density at radius 2 is 1.83 bits per heavy atom. The number of nitrogens with two attached hydrogens (primary N) is 2. The van der Waals surface area contributed by atoms with Crippen LogP contribution in [0, 0.1) is 11.6 Å². The number of aromatic nitrogens is 1. The molecule has 0 radical (unpaired) electrons. The molecular weight excluding hydrogens is 508 g/mol. The van der Waals surface area contributed by atoms with Crippen LogP contribution >= 0.6 is 11.6 Å². The molecule has 2 aliphatic rings. The average molecular weight is 529 g/mol. The van der Waals surface area contributed by atoms with Gasteiger partial charge >= 0.3 is 0 Å². The second kappa shape index (κ2) is 9.13. The SMILES string of the molecule is NN/C=C(\N)C1(NC(=O)C(=O)c2c(Cl)c(C(=O)Nc3ccc(F)c(F)c3)c3n2CCC3)CC(F)(F)C1. The van der Waals surface area contributed by atoms with Crippen LogP contribution in [0.3, 0.4) is 0 Å². The van der Waals surface area contributed by atoms with Crippen LogP contribution in [-0.2, 0) is 17.8 Å². The minimum Gasteiger partial charge on any atom is -0.399 e. The Kier molecular flexibility index (Phi) is 6.47. The molecule has 0 unspecified atom stereocenters. The maximum Gasteiger partial charge on any atom is 0.294 e. The highest BCUT2D eigenvalue weighted by Crippen LogP contribution is 2.48. The van der Waals surface area contributed by atoms with Crippen molar-refractivity contribution in [1.29, 1.82) is 0 Å². The molecule has 192 valence electrons. The van der Waals surface area contributed by atoms with Crippen molar-refractivity contribution in [3.05, 3.63) is 63.7 Å². The Hall–Kier alpha value is -3.58. The molecule has 0 atom stereocenters. The number of anilines is 1. The van der Waals surface area contributed by atoms with E-state index in [1.165, 1.54) is 4.57 Å². The molecule has 1 aromatic carbocycles. The summed E-state index contributed by atoms with van der Waals surface area (Å²) in [6.07, 6.45) is 0.232. The predicted molar refractivity (Wildman–Crippen MR) is 121 cm³/mol. The van der Waals surface area contributed by atoms with Crippen molar-refractivity contribution in [2.24, 2.45) is 11.6 Å². The molecule has 2 aromatic rings. The molecule has 0 bridgehead atoms. The summed E-state index contributed by atoms with van der Waals surface area (Å²) in [7, 11) is 0. The zero-order chi connectivity index (χ0) is 26.4. The van der Waals surface area contributed by atoms with E-state index in [2.05, 4.69) is 16.1 Å². The number of rotatable bonds is 7. The number of carbonyl (C=O) groups excluding carboxylic acids is 3. The number of halogens is 5. The van der Waals surface area contributed by atoms with E-state index < -0.39 is 53.5 Å². The van der Waals surface area contributed by atoms with Crippen molar-refractivity contribution >= 4 is 34.9 Å². The number of nitrogens with zero attached hydrogens (tertiary/aromatic N) is 1. The van der Waals surface area contributed by atoms with E-state index in [-0.39, 0.29) is 34.2 Å². The van der Waals surface area contributed by atoms with Gasteiger partial charge < -0.3 is 26.4 Å². The third-order valence-corrected chi connectivity index (χ3v) is 6.57. The molecule has 1 aliphatic heterocycles. The Morgan fingerprint density at radius 3 is 2.44 bits per heavy atom. The van der Waals surface area contributed by atoms with Gasteiger partial charge in [-0.15, -0.1) is 0 Å². The zero-order valence-corrected chi connectivity index (χ0v) is 19.3. The molecule has 14 heteroatoms. The third kappa shape index (κ3) is 4.39. The minimum absolute atomic E-state index is 0.0536. The Labute approximate surface area is 206 Å². The fourth-order valence-electron chi connectivity index (χ4n) is 4.57. The maximum atomic E-state index is 13.7. The van der Waals surface area contributed by atoms with E-state index in [1.807, 2.05) is 0 Å². The maximum absolute atomic E-state index is 13.7. The third-order valence-electron chi connectivity index (χ3n) is 6.20. The van der Waals surface area contributed by atoms with E-state index in [9.17, 15) is 31.9 Å². The van der Waals surface area contributed by atoms with Gasteiger partial charge in [0.1, 0.15) is 5.69 Å². The van der Waals surface area contributed by atoms with Gasteiger partial charge in [-0.05, 0) is 25.0 Å². The lowest BCUT2D eigenvalue weighted by molar-refractivity contribution is -0.137. The number of nitrogens with one attached hydrogen (secondary N) is 3. The van der Waals surface area contributed by atoms with E-state index in [1.54, 1.807) is 0 Å². The van der Waals surface area contributed by atoms with Gasteiger partial charge in [-0.3, -0.25) is 20.2 Å². The smallest absolute Gasteiger partial charge is 0.294 e.